The average molecular weight is 410 g/mol. The summed E-state index contributed by atoms with van der Waals surface area (Å²) in [4.78, 5) is 0.133. The van der Waals surface area contributed by atoms with E-state index >= 15 is 0 Å². The highest BCUT2D eigenvalue weighted by Gasteiger charge is 2.20. The van der Waals surface area contributed by atoms with Crippen molar-refractivity contribution < 1.29 is 16.8 Å². The molecule has 0 spiro atoms. The van der Waals surface area contributed by atoms with Gasteiger partial charge in [0.2, 0.25) is 0 Å². The minimum absolute atomic E-state index is 0.0315. The fourth-order valence-corrected chi connectivity index (χ4v) is 4.61. The maximum atomic E-state index is 13.0. The van der Waals surface area contributed by atoms with Gasteiger partial charge in [0.1, 0.15) is 0 Å². The first-order chi connectivity index (χ1) is 12.2. The predicted octanol–water partition coefficient (Wildman–Crippen LogP) is 3.94. The lowest BCUT2D eigenvalue weighted by Crippen LogP contribution is -2.11. The summed E-state index contributed by atoms with van der Waals surface area (Å²) in [5, 5.41) is 2.07. The molecule has 0 radical (unpaired) electrons. The van der Waals surface area contributed by atoms with Crippen LogP contribution < -0.4 is 0 Å². The third-order valence-electron chi connectivity index (χ3n) is 3.92. The lowest BCUT2D eigenvalue weighted by atomic mass is 10.2. The minimum atomic E-state index is -3.85. The topological polar surface area (TPSA) is 73.2 Å². The van der Waals surface area contributed by atoms with E-state index in [9.17, 15) is 16.8 Å². The van der Waals surface area contributed by atoms with Gasteiger partial charge in [-0.1, -0.05) is 42.8 Å². The average Bonchev–Trinajstić information content (AvgIpc) is 2.99. The molecule has 0 aliphatic carbocycles. The van der Waals surface area contributed by atoms with Gasteiger partial charge in [0.15, 0.2) is 9.84 Å². The van der Waals surface area contributed by atoms with Crippen molar-refractivity contribution in [2.24, 2.45) is 0 Å². The Labute approximate surface area is 157 Å². The van der Waals surface area contributed by atoms with Crippen molar-refractivity contribution in [1.82, 2.24) is 3.97 Å². The first-order valence-corrected chi connectivity index (χ1v) is 11.3. The fraction of sp³-hybridized carbons (Fsp3) is 0.111. The van der Waals surface area contributed by atoms with Crippen LogP contribution in [0.25, 0.3) is 17.0 Å². The quantitative estimate of drug-likeness (QED) is 0.639. The van der Waals surface area contributed by atoms with Gasteiger partial charge in [0, 0.05) is 27.6 Å². The van der Waals surface area contributed by atoms with E-state index < -0.39 is 19.9 Å². The maximum Gasteiger partial charge on any atom is 0.268 e. The summed E-state index contributed by atoms with van der Waals surface area (Å²) in [5.41, 5.74) is 0.864. The second-order valence-electron chi connectivity index (χ2n) is 5.61. The number of hydrogen-bond donors (Lipinski definition) is 0. The summed E-state index contributed by atoms with van der Waals surface area (Å²) < 4.78 is 50.7. The second kappa shape index (κ2) is 6.90. The lowest BCUT2D eigenvalue weighted by Gasteiger charge is -2.07. The minimum Gasteiger partial charge on any atom is -0.240 e. The zero-order chi connectivity index (χ0) is 18.9. The molecule has 1 aromatic heterocycles. The molecule has 5 nitrogen and oxygen atoms in total. The van der Waals surface area contributed by atoms with Crippen molar-refractivity contribution in [3.8, 4) is 0 Å². The van der Waals surface area contributed by atoms with Crippen LogP contribution in [-0.2, 0) is 19.9 Å². The highest BCUT2D eigenvalue weighted by Crippen LogP contribution is 2.29. The summed E-state index contributed by atoms with van der Waals surface area (Å²) in [6.45, 7) is 1.54. The van der Waals surface area contributed by atoms with E-state index in [1.165, 1.54) is 24.4 Å². The van der Waals surface area contributed by atoms with Crippen molar-refractivity contribution >= 4 is 48.4 Å². The van der Waals surface area contributed by atoms with E-state index in [2.05, 4.69) is 0 Å². The monoisotopic (exact) mass is 409 g/mol. The Hall–Kier alpha value is -2.09. The third kappa shape index (κ3) is 3.56. The van der Waals surface area contributed by atoms with Crippen molar-refractivity contribution in [3.63, 3.8) is 0 Å². The van der Waals surface area contributed by atoms with Gasteiger partial charge in [0.25, 0.3) is 10.0 Å². The fourth-order valence-electron chi connectivity index (χ4n) is 2.51. The highest BCUT2D eigenvalue weighted by molar-refractivity contribution is 7.94. The maximum absolute atomic E-state index is 13.0. The van der Waals surface area contributed by atoms with Gasteiger partial charge < -0.3 is 0 Å². The molecule has 0 fully saturated rings. The van der Waals surface area contributed by atoms with E-state index in [1.54, 1.807) is 43.3 Å². The van der Waals surface area contributed by atoms with Gasteiger partial charge in [-0.3, -0.25) is 0 Å². The number of hydrogen-bond acceptors (Lipinski definition) is 4. The van der Waals surface area contributed by atoms with Gasteiger partial charge >= 0.3 is 0 Å². The third-order valence-corrected chi connectivity index (χ3v) is 7.20. The molecule has 3 rings (SSSR count). The van der Waals surface area contributed by atoms with E-state index in [0.29, 0.717) is 21.5 Å². The standard InChI is InChI=1S/C18H16ClNO4S2/c1-2-25(21,22)11-10-14-13-20(18-12-15(19)8-9-17(14)18)26(23,24)16-6-4-3-5-7-16/h3-13H,2H2,1H3/b11-10+. The largest absolute Gasteiger partial charge is 0.268 e. The van der Waals surface area contributed by atoms with E-state index in [-0.39, 0.29) is 10.6 Å². The first-order valence-electron chi connectivity index (χ1n) is 7.77. The molecule has 0 saturated heterocycles. The van der Waals surface area contributed by atoms with E-state index in [4.69, 9.17) is 11.6 Å². The molecule has 0 saturated carbocycles. The first kappa shape index (κ1) is 18.7. The van der Waals surface area contributed by atoms with Gasteiger partial charge in [-0.05, 0) is 30.3 Å². The van der Waals surface area contributed by atoms with Crippen LogP contribution in [0, 0.1) is 0 Å². The smallest absolute Gasteiger partial charge is 0.240 e. The number of fused-ring (bicyclic) bond motifs is 1. The van der Waals surface area contributed by atoms with Crippen LogP contribution in [0.5, 0.6) is 0 Å². The van der Waals surface area contributed by atoms with Crippen molar-refractivity contribution in [2.75, 3.05) is 5.75 Å². The molecular weight excluding hydrogens is 394 g/mol. The summed E-state index contributed by atoms with van der Waals surface area (Å²) in [7, 11) is -7.18. The highest BCUT2D eigenvalue weighted by atomic mass is 35.5. The van der Waals surface area contributed by atoms with Crippen molar-refractivity contribution in [2.45, 2.75) is 11.8 Å². The molecule has 2 aromatic carbocycles. The number of benzene rings is 2. The van der Waals surface area contributed by atoms with Crippen LogP contribution >= 0.6 is 11.6 Å². The zero-order valence-electron chi connectivity index (χ0n) is 13.8. The summed E-state index contributed by atoms with van der Waals surface area (Å²) in [6.07, 6.45) is 2.82. The summed E-state index contributed by atoms with van der Waals surface area (Å²) >= 11 is 6.05. The Morgan fingerprint density at radius 3 is 2.38 bits per heavy atom. The molecule has 136 valence electrons. The Kier molecular flexibility index (Phi) is 4.96. The van der Waals surface area contributed by atoms with Crippen LogP contribution in [0.15, 0.2) is 65.0 Å². The number of halogens is 1. The van der Waals surface area contributed by atoms with Crippen LogP contribution in [0.2, 0.25) is 5.02 Å². The number of nitrogens with zero attached hydrogens (tertiary/aromatic N) is 1. The van der Waals surface area contributed by atoms with Gasteiger partial charge in [-0.15, -0.1) is 0 Å². The van der Waals surface area contributed by atoms with E-state index in [0.717, 1.165) is 9.38 Å². The van der Waals surface area contributed by atoms with Crippen LogP contribution in [0.1, 0.15) is 12.5 Å². The van der Waals surface area contributed by atoms with Crippen LogP contribution in [0.4, 0.5) is 0 Å². The second-order valence-corrected chi connectivity index (χ2v) is 10.0. The molecule has 0 atom stereocenters. The Morgan fingerprint density at radius 1 is 1.04 bits per heavy atom. The summed E-state index contributed by atoms with van der Waals surface area (Å²) in [5.74, 6) is -0.0315. The lowest BCUT2D eigenvalue weighted by molar-refractivity contribution is 0.589. The molecule has 0 aliphatic rings. The SMILES string of the molecule is CCS(=O)(=O)/C=C/c1cn(S(=O)(=O)c2ccccc2)c2cc(Cl)ccc12. The number of aromatic nitrogens is 1. The molecule has 0 aliphatic heterocycles. The molecule has 0 bridgehead atoms. The summed E-state index contributed by atoms with van der Waals surface area (Å²) in [6, 6.07) is 12.9. The van der Waals surface area contributed by atoms with Gasteiger partial charge in [0.05, 0.1) is 16.2 Å². The zero-order valence-corrected chi connectivity index (χ0v) is 16.2. The molecule has 1 heterocycles. The molecule has 8 heteroatoms. The normalized spacial score (nSPS) is 12.8. The number of sulfone groups is 1. The van der Waals surface area contributed by atoms with Crippen molar-refractivity contribution in [3.05, 3.63) is 70.7 Å². The molecule has 3 aromatic rings. The molecule has 0 unspecified atom stereocenters. The van der Waals surface area contributed by atoms with Crippen molar-refractivity contribution in [1.29, 1.82) is 0 Å². The van der Waals surface area contributed by atoms with Gasteiger partial charge in [-0.25, -0.2) is 20.8 Å². The Morgan fingerprint density at radius 2 is 1.73 bits per heavy atom. The van der Waals surface area contributed by atoms with Crippen LogP contribution in [-0.4, -0.2) is 26.6 Å². The predicted molar refractivity (Wildman–Crippen MR) is 104 cm³/mol. The molecular formula is C18H16ClNO4S2. The van der Waals surface area contributed by atoms with E-state index in [1.807, 2.05) is 0 Å². The molecule has 26 heavy (non-hydrogen) atoms. The van der Waals surface area contributed by atoms with Crippen LogP contribution in [0.3, 0.4) is 0 Å². The van der Waals surface area contributed by atoms with Gasteiger partial charge in [-0.2, -0.15) is 0 Å². The number of rotatable bonds is 5. The Balaban J connectivity index is 2.26. The molecule has 0 N–H and O–H groups in total. The Bertz CT molecular complexity index is 1190. The molecule has 0 amide bonds.